The Kier molecular flexibility index (Phi) is 8.49. The van der Waals surface area contributed by atoms with Gasteiger partial charge in [0, 0.05) is 32.4 Å². The second kappa shape index (κ2) is 12.0. The Bertz CT molecular complexity index is 1310. The number of halogens is 1. The summed E-state index contributed by atoms with van der Waals surface area (Å²) in [4.78, 5) is 17.5. The number of methoxy groups -OCH3 is 1. The number of carbonyl (C=O) groups excluding carboxylic acids is 1. The molecule has 5 nitrogen and oxygen atoms in total. The van der Waals surface area contributed by atoms with E-state index >= 15 is 0 Å². The van der Waals surface area contributed by atoms with Crippen LogP contribution in [0.2, 0.25) is 0 Å². The summed E-state index contributed by atoms with van der Waals surface area (Å²) in [6.45, 7) is 3.49. The largest absolute Gasteiger partial charge is 0.493 e. The molecule has 1 heterocycles. The number of benzene rings is 3. The molecule has 1 atom stereocenters. The van der Waals surface area contributed by atoms with Crippen LogP contribution in [0.1, 0.15) is 30.9 Å². The Morgan fingerprint density at radius 2 is 1.75 bits per heavy atom. The van der Waals surface area contributed by atoms with Crippen molar-refractivity contribution in [1.29, 1.82) is 0 Å². The number of ether oxygens (including phenoxy) is 3. The second-order valence-corrected chi connectivity index (χ2v) is 8.86. The van der Waals surface area contributed by atoms with Gasteiger partial charge in [0.15, 0.2) is 5.60 Å². The third kappa shape index (κ3) is 6.00. The normalized spacial score (nSPS) is 14.4. The third-order valence-corrected chi connectivity index (χ3v) is 6.48. The van der Waals surface area contributed by atoms with E-state index in [-0.39, 0.29) is 18.7 Å². The van der Waals surface area contributed by atoms with Crippen LogP contribution in [0.5, 0.6) is 5.75 Å². The predicted molar refractivity (Wildman–Crippen MR) is 137 cm³/mol. The number of esters is 1. The first-order chi connectivity index (χ1) is 17.5. The van der Waals surface area contributed by atoms with Crippen LogP contribution in [0.15, 0.2) is 77.8 Å². The smallest absolute Gasteiger partial charge is 0.338 e. The highest BCUT2D eigenvalue weighted by Gasteiger charge is 2.41. The summed E-state index contributed by atoms with van der Waals surface area (Å²) < 4.78 is 31.5. The lowest BCUT2D eigenvalue weighted by Gasteiger charge is -2.31. The maximum atomic E-state index is 14.4. The Balaban J connectivity index is 1.46. The number of rotatable bonds is 11. The van der Waals surface area contributed by atoms with Crippen LogP contribution in [0.25, 0.3) is 5.57 Å². The van der Waals surface area contributed by atoms with E-state index in [2.05, 4.69) is 17.1 Å². The summed E-state index contributed by atoms with van der Waals surface area (Å²) in [6, 6.07) is 22.3. The minimum absolute atomic E-state index is 0.0742. The number of hydrogen-bond acceptors (Lipinski definition) is 5. The van der Waals surface area contributed by atoms with Crippen molar-refractivity contribution in [3.8, 4) is 5.75 Å². The molecule has 0 saturated heterocycles. The van der Waals surface area contributed by atoms with E-state index in [9.17, 15) is 9.18 Å². The van der Waals surface area contributed by atoms with Gasteiger partial charge in [0.2, 0.25) is 0 Å². The first kappa shape index (κ1) is 25.6. The molecule has 0 spiro atoms. The molecule has 3 aromatic rings. The van der Waals surface area contributed by atoms with E-state index in [1.54, 1.807) is 18.2 Å². The molecule has 4 rings (SSSR count). The Hall–Kier alpha value is -3.51. The molecule has 188 valence electrons. The van der Waals surface area contributed by atoms with Crippen molar-refractivity contribution in [2.24, 2.45) is 4.99 Å². The molecule has 1 aliphatic heterocycles. The van der Waals surface area contributed by atoms with E-state index in [1.807, 2.05) is 43.3 Å². The van der Waals surface area contributed by atoms with E-state index in [1.165, 1.54) is 24.0 Å². The molecule has 0 amide bonds. The Morgan fingerprint density at radius 3 is 2.50 bits per heavy atom. The van der Waals surface area contributed by atoms with E-state index in [0.717, 1.165) is 36.1 Å². The van der Waals surface area contributed by atoms with Crippen LogP contribution in [0.4, 0.5) is 4.39 Å². The summed E-state index contributed by atoms with van der Waals surface area (Å²) in [6.07, 6.45) is 2.12. The molecule has 0 aromatic heterocycles. The number of nitrogens with zero attached hydrogens (tertiary/aromatic N) is 1. The summed E-state index contributed by atoms with van der Waals surface area (Å²) in [5.41, 5.74) is 1.31. The van der Waals surface area contributed by atoms with E-state index in [4.69, 9.17) is 14.2 Å². The fraction of sp³-hybridized carbons (Fsp3) is 0.333. The quantitative estimate of drug-likeness (QED) is 0.379. The molecule has 0 bridgehead atoms. The SMILES string of the molecule is CCOC(Cc1ccc(OCCC2=c3ccccc3=NCC2)cc1)(Cc1ccccc1F)C(=O)OC. The predicted octanol–water partition coefficient (Wildman–Crippen LogP) is 4.20. The Labute approximate surface area is 211 Å². The molecule has 0 radical (unpaired) electrons. The first-order valence-electron chi connectivity index (χ1n) is 12.3. The molecule has 0 saturated carbocycles. The van der Waals surface area contributed by atoms with Crippen LogP contribution in [0.3, 0.4) is 0 Å². The van der Waals surface area contributed by atoms with Crippen LogP contribution in [-0.2, 0) is 27.1 Å². The van der Waals surface area contributed by atoms with Gasteiger partial charge in [-0.25, -0.2) is 9.18 Å². The van der Waals surface area contributed by atoms with Crippen LogP contribution in [-0.4, -0.2) is 38.4 Å². The zero-order valence-electron chi connectivity index (χ0n) is 20.8. The molecule has 1 unspecified atom stereocenters. The van der Waals surface area contributed by atoms with Crippen molar-refractivity contribution in [3.05, 3.63) is 100 Å². The van der Waals surface area contributed by atoms with Crippen molar-refractivity contribution >= 4 is 11.5 Å². The average molecular weight is 490 g/mol. The van der Waals surface area contributed by atoms with Crippen molar-refractivity contribution < 1.29 is 23.4 Å². The van der Waals surface area contributed by atoms with Gasteiger partial charge in [0.25, 0.3) is 0 Å². The molecular formula is C30H32FNO4. The maximum absolute atomic E-state index is 14.4. The fourth-order valence-corrected chi connectivity index (χ4v) is 4.72. The van der Waals surface area contributed by atoms with Gasteiger partial charge in [-0.05, 0) is 54.0 Å². The lowest BCUT2D eigenvalue weighted by molar-refractivity contribution is -0.169. The molecule has 6 heteroatoms. The van der Waals surface area contributed by atoms with Crippen molar-refractivity contribution in [1.82, 2.24) is 0 Å². The second-order valence-electron chi connectivity index (χ2n) is 8.86. The van der Waals surface area contributed by atoms with E-state index in [0.29, 0.717) is 18.8 Å². The summed E-state index contributed by atoms with van der Waals surface area (Å²) >= 11 is 0. The van der Waals surface area contributed by atoms with Crippen molar-refractivity contribution in [2.75, 3.05) is 26.9 Å². The molecule has 3 aromatic carbocycles. The fourth-order valence-electron chi connectivity index (χ4n) is 4.72. The molecule has 1 aliphatic rings. The standard InChI is InChI=1S/C30H32FNO4/c1-3-36-30(29(33)34-2,21-24-8-4-6-10-27(24)31)20-22-12-14-25(15-13-22)35-19-17-23-16-18-32-28-11-7-5-9-26(23)28/h4-15H,3,16-21H2,1-2H3. The zero-order chi connectivity index (χ0) is 25.4. The molecular weight excluding hydrogens is 457 g/mol. The molecule has 36 heavy (non-hydrogen) atoms. The maximum Gasteiger partial charge on any atom is 0.338 e. The lowest BCUT2D eigenvalue weighted by Crippen LogP contribution is -2.47. The highest BCUT2D eigenvalue weighted by atomic mass is 19.1. The highest BCUT2D eigenvalue weighted by molar-refractivity contribution is 5.80. The summed E-state index contributed by atoms with van der Waals surface area (Å²) in [5.74, 6) is -0.145. The number of carbonyl (C=O) groups is 1. The van der Waals surface area contributed by atoms with Gasteiger partial charge in [-0.2, -0.15) is 0 Å². The van der Waals surface area contributed by atoms with E-state index < -0.39 is 11.6 Å². The molecule has 0 N–H and O–H groups in total. The van der Waals surface area contributed by atoms with Gasteiger partial charge in [-0.3, -0.25) is 4.99 Å². The number of para-hydroxylation sites is 1. The molecule has 0 aliphatic carbocycles. The van der Waals surface area contributed by atoms with Crippen LogP contribution in [0, 0.1) is 5.82 Å². The van der Waals surface area contributed by atoms with Crippen LogP contribution >= 0.6 is 0 Å². The topological polar surface area (TPSA) is 57.1 Å². The van der Waals surface area contributed by atoms with Gasteiger partial charge in [0.05, 0.1) is 19.1 Å². The van der Waals surface area contributed by atoms with Gasteiger partial charge in [-0.15, -0.1) is 0 Å². The minimum Gasteiger partial charge on any atom is -0.493 e. The minimum atomic E-state index is -1.33. The summed E-state index contributed by atoms with van der Waals surface area (Å²) in [7, 11) is 1.32. The molecule has 0 fully saturated rings. The number of hydrogen-bond donors (Lipinski definition) is 0. The van der Waals surface area contributed by atoms with Crippen LogP contribution < -0.4 is 15.3 Å². The monoisotopic (exact) mass is 489 g/mol. The first-order valence-corrected chi connectivity index (χ1v) is 12.3. The average Bonchev–Trinajstić information content (AvgIpc) is 2.90. The third-order valence-electron chi connectivity index (χ3n) is 6.48. The van der Waals surface area contributed by atoms with Crippen molar-refractivity contribution in [3.63, 3.8) is 0 Å². The Morgan fingerprint density at radius 1 is 1.00 bits per heavy atom. The highest BCUT2D eigenvalue weighted by Crippen LogP contribution is 2.27. The lowest BCUT2D eigenvalue weighted by atomic mass is 9.87. The summed E-state index contributed by atoms with van der Waals surface area (Å²) in [5, 5.41) is 2.27. The van der Waals surface area contributed by atoms with Gasteiger partial charge >= 0.3 is 5.97 Å². The van der Waals surface area contributed by atoms with Gasteiger partial charge < -0.3 is 14.2 Å². The number of fused-ring (bicyclic) bond motifs is 1. The van der Waals surface area contributed by atoms with Gasteiger partial charge in [0.1, 0.15) is 11.6 Å². The van der Waals surface area contributed by atoms with Gasteiger partial charge in [-0.1, -0.05) is 54.1 Å². The van der Waals surface area contributed by atoms with Crippen molar-refractivity contribution in [2.45, 2.75) is 38.2 Å². The zero-order valence-corrected chi connectivity index (χ0v) is 20.8.